The minimum Gasteiger partial charge on any atom is -0.321 e. The van der Waals surface area contributed by atoms with E-state index in [0.29, 0.717) is 5.92 Å². The first-order valence-corrected chi connectivity index (χ1v) is 4.22. The molecule has 2 nitrogen and oxygen atoms in total. The first-order chi connectivity index (χ1) is 4.96. The van der Waals surface area contributed by atoms with Crippen LogP contribution in [0.3, 0.4) is 0 Å². The Labute approximate surface area is 68.2 Å². The molecule has 1 rings (SSSR count). The number of nitrogens with two attached hydrogens (primary N) is 1. The van der Waals surface area contributed by atoms with Gasteiger partial charge in [-0.15, -0.1) is 0 Å². The van der Waals surface area contributed by atoms with Crippen molar-refractivity contribution in [3.63, 3.8) is 0 Å². The van der Waals surface area contributed by atoms with Crippen LogP contribution in [0.1, 0.15) is 33.6 Å². The maximum atomic E-state index is 11.0. The third kappa shape index (κ3) is 1.62. The molecule has 1 atom stereocenters. The lowest BCUT2D eigenvalue weighted by Gasteiger charge is -2.29. The maximum absolute atomic E-state index is 11.0. The molecule has 11 heavy (non-hydrogen) atoms. The maximum Gasteiger partial charge on any atom is 0.147 e. The predicted octanol–water partition coefficient (Wildman–Crippen LogP) is 1.34. The van der Waals surface area contributed by atoms with Gasteiger partial charge in [-0.25, -0.2) is 0 Å². The standard InChI is InChI=1S/C9H17NO/c1-6(11)8(10)9(2,3)7-4-5-7/h7-8H,4-5,10H2,1-3H3. The molecular weight excluding hydrogens is 138 g/mol. The molecule has 0 heterocycles. The fraction of sp³-hybridized carbons (Fsp3) is 0.889. The summed E-state index contributed by atoms with van der Waals surface area (Å²) in [4.78, 5) is 11.0. The first-order valence-electron chi connectivity index (χ1n) is 4.22. The summed E-state index contributed by atoms with van der Waals surface area (Å²) in [7, 11) is 0. The molecule has 1 aliphatic rings. The van der Waals surface area contributed by atoms with Crippen LogP contribution in [0.5, 0.6) is 0 Å². The minimum atomic E-state index is -0.269. The van der Waals surface area contributed by atoms with Crippen molar-refractivity contribution in [3.05, 3.63) is 0 Å². The Morgan fingerprint density at radius 2 is 2.00 bits per heavy atom. The van der Waals surface area contributed by atoms with E-state index >= 15 is 0 Å². The number of carbonyl (C=O) groups is 1. The fourth-order valence-corrected chi connectivity index (χ4v) is 1.61. The van der Waals surface area contributed by atoms with Crippen molar-refractivity contribution in [1.82, 2.24) is 0 Å². The van der Waals surface area contributed by atoms with Crippen LogP contribution in [-0.4, -0.2) is 11.8 Å². The van der Waals surface area contributed by atoms with Gasteiger partial charge in [0, 0.05) is 0 Å². The van der Waals surface area contributed by atoms with Gasteiger partial charge in [-0.1, -0.05) is 13.8 Å². The van der Waals surface area contributed by atoms with Gasteiger partial charge in [-0.05, 0) is 31.1 Å². The van der Waals surface area contributed by atoms with Crippen LogP contribution >= 0.6 is 0 Å². The fourth-order valence-electron chi connectivity index (χ4n) is 1.61. The molecule has 2 heteroatoms. The third-order valence-electron chi connectivity index (χ3n) is 2.87. The molecule has 1 aliphatic carbocycles. The molecule has 0 aromatic carbocycles. The van der Waals surface area contributed by atoms with Crippen molar-refractivity contribution < 1.29 is 4.79 Å². The van der Waals surface area contributed by atoms with Gasteiger partial charge in [0.1, 0.15) is 5.78 Å². The van der Waals surface area contributed by atoms with Crippen molar-refractivity contribution in [2.75, 3.05) is 0 Å². The van der Waals surface area contributed by atoms with Crippen LogP contribution in [0.4, 0.5) is 0 Å². The van der Waals surface area contributed by atoms with E-state index in [9.17, 15) is 4.79 Å². The van der Waals surface area contributed by atoms with Gasteiger partial charge in [0.25, 0.3) is 0 Å². The second-order valence-corrected chi connectivity index (χ2v) is 4.18. The normalized spacial score (nSPS) is 21.5. The zero-order chi connectivity index (χ0) is 8.65. The molecule has 0 aromatic heterocycles. The zero-order valence-electron chi connectivity index (χ0n) is 7.55. The van der Waals surface area contributed by atoms with E-state index in [1.165, 1.54) is 12.8 Å². The summed E-state index contributed by atoms with van der Waals surface area (Å²) in [5.41, 5.74) is 5.81. The van der Waals surface area contributed by atoms with Crippen molar-refractivity contribution in [3.8, 4) is 0 Å². The van der Waals surface area contributed by atoms with E-state index in [0.717, 1.165) is 0 Å². The molecule has 0 aliphatic heterocycles. The second kappa shape index (κ2) is 2.59. The Kier molecular flexibility index (Phi) is 2.06. The van der Waals surface area contributed by atoms with E-state index in [4.69, 9.17) is 5.73 Å². The van der Waals surface area contributed by atoms with Gasteiger partial charge < -0.3 is 5.73 Å². The monoisotopic (exact) mass is 155 g/mol. The topological polar surface area (TPSA) is 43.1 Å². The van der Waals surface area contributed by atoms with Crippen LogP contribution in [0.15, 0.2) is 0 Å². The Morgan fingerprint density at radius 1 is 1.55 bits per heavy atom. The van der Waals surface area contributed by atoms with Gasteiger partial charge >= 0.3 is 0 Å². The van der Waals surface area contributed by atoms with Crippen LogP contribution in [-0.2, 0) is 4.79 Å². The van der Waals surface area contributed by atoms with Crippen LogP contribution < -0.4 is 5.73 Å². The van der Waals surface area contributed by atoms with E-state index < -0.39 is 0 Å². The number of Topliss-reactive ketones (excluding diaryl/α,β-unsaturated/α-hetero) is 1. The number of hydrogen-bond acceptors (Lipinski definition) is 2. The van der Waals surface area contributed by atoms with Crippen LogP contribution in [0.25, 0.3) is 0 Å². The number of hydrogen-bond donors (Lipinski definition) is 1. The number of ketones is 1. The van der Waals surface area contributed by atoms with Gasteiger partial charge in [0.05, 0.1) is 6.04 Å². The lowest BCUT2D eigenvalue weighted by molar-refractivity contribution is -0.120. The van der Waals surface area contributed by atoms with Gasteiger partial charge in [0.2, 0.25) is 0 Å². The molecule has 1 saturated carbocycles. The molecule has 0 amide bonds. The highest BCUT2D eigenvalue weighted by molar-refractivity contribution is 5.82. The summed E-state index contributed by atoms with van der Waals surface area (Å²) in [5.74, 6) is 0.795. The molecule has 1 fully saturated rings. The molecule has 0 radical (unpaired) electrons. The van der Waals surface area contributed by atoms with E-state index in [1.807, 2.05) is 0 Å². The highest BCUT2D eigenvalue weighted by atomic mass is 16.1. The summed E-state index contributed by atoms with van der Waals surface area (Å²) in [6, 6.07) is -0.269. The largest absolute Gasteiger partial charge is 0.321 e. The first kappa shape index (κ1) is 8.72. The molecule has 2 N–H and O–H groups in total. The van der Waals surface area contributed by atoms with Crippen molar-refractivity contribution in [1.29, 1.82) is 0 Å². The second-order valence-electron chi connectivity index (χ2n) is 4.18. The average molecular weight is 155 g/mol. The average Bonchev–Trinajstić information content (AvgIpc) is 2.66. The molecule has 0 saturated heterocycles. The molecule has 1 unspecified atom stereocenters. The summed E-state index contributed by atoms with van der Waals surface area (Å²) >= 11 is 0. The minimum absolute atomic E-state index is 0.0197. The van der Waals surface area contributed by atoms with Crippen molar-refractivity contribution in [2.45, 2.75) is 39.7 Å². The lowest BCUT2D eigenvalue weighted by atomic mass is 9.78. The molecule has 0 aromatic rings. The highest BCUT2D eigenvalue weighted by Crippen LogP contribution is 2.46. The highest BCUT2D eigenvalue weighted by Gasteiger charge is 2.43. The Morgan fingerprint density at radius 3 is 2.27 bits per heavy atom. The van der Waals surface area contributed by atoms with Gasteiger partial charge in [0.15, 0.2) is 0 Å². The van der Waals surface area contributed by atoms with Crippen LogP contribution in [0, 0.1) is 11.3 Å². The zero-order valence-corrected chi connectivity index (χ0v) is 7.55. The smallest absolute Gasteiger partial charge is 0.147 e. The van der Waals surface area contributed by atoms with E-state index in [1.54, 1.807) is 6.92 Å². The Bertz CT molecular complexity index is 170. The summed E-state index contributed by atoms with van der Waals surface area (Å²) in [6.45, 7) is 5.77. The van der Waals surface area contributed by atoms with Crippen molar-refractivity contribution in [2.24, 2.45) is 17.1 Å². The molecule has 0 spiro atoms. The summed E-state index contributed by atoms with van der Waals surface area (Å²) in [6.07, 6.45) is 2.49. The Hall–Kier alpha value is -0.370. The van der Waals surface area contributed by atoms with Gasteiger partial charge in [-0.3, -0.25) is 4.79 Å². The molecule has 64 valence electrons. The van der Waals surface area contributed by atoms with Crippen molar-refractivity contribution >= 4 is 5.78 Å². The predicted molar refractivity (Wildman–Crippen MR) is 45.2 cm³/mol. The van der Waals surface area contributed by atoms with E-state index in [-0.39, 0.29) is 17.2 Å². The summed E-state index contributed by atoms with van der Waals surface area (Å²) in [5, 5.41) is 0. The lowest BCUT2D eigenvalue weighted by Crippen LogP contribution is -2.44. The number of carbonyl (C=O) groups excluding carboxylic acids is 1. The van der Waals surface area contributed by atoms with Crippen LogP contribution in [0.2, 0.25) is 0 Å². The molecule has 0 bridgehead atoms. The Balaban J connectivity index is 2.61. The third-order valence-corrected chi connectivity index (χ3v) is 2.87. The SMILES string of the molecule is CC(=O)C(N)C(C)(C)C1CC1. The van der Waals surface area contributed by atoms with Gasteiger partial charge in [-0.2, -0.15) is 0 Å². The summed E-state index contributed by atoms with van der Waals surface area (Å²) < 4.78 is 0. The number of rotatable bonds is 3. The molecular formula is C9H17NO. The quantitative estimate of drug-likeness (QED) is 0.668. The van der Waals surface area contributed by atoms with E-state index in [2.05, 4.69) is 13.8 Å².